The number of alkyl carbamates (subject to hydrolysis) is 1. The fourth-order valence-corrected chi connectivity index (χ4v) is 5.50. The molecule has 2 atom stereocenters. The van der Waals surface area contributed by atoms with Crippen LogP contribution in [0.15, 0.2) is 48.5 Å². The third-order valence-electron chi connectivity index (χ3n) is 7.69. The Labute approximate surface area is 206 Å². The number of carbonyl (C=O) groups excluding carboxylic acids is 2. The highest BCUT2D eigenvalue weighted by Crippen LogP contribution is 2.44. The summed E-state index contributed by atoms with van der Waals surface area (Å²) in [6.45, 7) is 3.88. The van der Waals surface area contributed by atoms with Crippen molar-refractivity contribution in [2.45, 2.75) is 69.9 Å². The number of carboxylic acid groups (broad SMARTS) is 1. The SMILES string of the molecule is CCC(CC)(NC(=O)OCC1c2ccccc2-c2ccccc21)C(=O)N[C@H]1CCC[C@@H](C(=O)O)C1. The van der Waals surface area contributed by atoms with Crippen LogP contribution in [-0.2, 0) is 14.3 Å². The summed E-state index contributed by atoms with van der Waals surface area (Å²) in [7, 11) is 0. The predicted octanol–water partition coefficient (Wildman–Crippen LogP) is 4.84. The highest BCUT2D eigenvalue weighted by molar-refractivity contribution is 5.90. The molecule has 4 rings (SSSR count). The molecule has 0 aromatic heterocycles. The van der Waals surface area contributed by atoms with Crippen LogP contribution < -0.4 is 10.6 Å². The lowest BCUT2D eigenvalue weighted by Crippen LogP contribution is -2.60. The zero-order valence-corrected chi connectivity index (χ0v) is 20.4. The number of carboxylic acids is 1. The summed E-state index contributed by atoms with van der Waals surface area (Å²) < 4.78 is 5.68. The van der Waals surface area contributed by atoms with E-state index in [2.05, 4.69) is 34.9 Å². The molecule has 7 nitrogen and oxygen atoms in total. The van der Waals surface area contributed by atoms with Crippen molar-refractivity contribution in [1.82, 2.24) is 10.6 Å². The van der Waals surface area contributed by atoms with Gasteiger partial charge in [-0.05, 0) is 54.4 Å². The highest BCUT2D eigenvalue weighted by atomic mass is 16.5. The molecule has 186 valence electrons. The summed E-state index contributed by atoms with van der Waals surface area (Å²) in [5, 5.41) is 15.2. The topological polar surface area (TPSA) is 105 Å². The lowest BCUT2D eigenvalue weighted by molar-refractivity contribution is -0.143. The third kappa shape index (κ3) is 5.04. The van der Waals surface area contributed by atoms with E-state index < -0.39 is 23.5 Å². The molecular weight excluding hydrogens is 444 g/mol. The van der Waals surface area contributed by atoms with Gasteiger partial charge in [0.2, 0.25) is 5.91 Å². The minimum atomic E-state index is -1.11. The molecule has 1 saturated carbocycles. The van der Waals surface area contributed by atoms with E-state index in [0.29, 0.717) is 25.7 Å². The Morgan fingerprint density at radius 2 is 1.57 bits per heavy atom. The average Bonchev–Trinajstić information content (AvgIpc) is 3.20. The Hall–Kier alpha value is -3.35. The molecule has 7 heteroatoms. The minimum Gasteiger partial charge on any atom is -0.481 e. The van der Waals surface area contributed by atoms with Crippen LogP contribution in [0, 0.1) is 5.92 Å². The summed E-state index contributed by atoms with van der Waals surface area (Å²) >= 11 is 0. The number of hydrogen-bond acceptors (Lipinski definition) is 4. The molecule has 3 N–H and O–H groups in total. The van der Waals surface area contributed by atoms with E-state index in [9.17, 15) is 19.5 Å². The van der Waals surface area contributed by atoms with Crippen molar-refractivity contribution in [3.8, 4) is 11.1 Å². The van der Waals surface area contributed by atoms with Crippen LogP contribution in [0.3, 0.4) is 0 Å². The van der Waals surface area contributed by atoms with Crippen molar-refractivity contribution < 1.29 is 24.2 Å². The van der Waals surface area contributed by atoms with Gasteiger partial charge in [0.25, 0.3) is 0 Å². The minimum absolute atomic E-state index is 0.0604. The second kappa shape index (κ2) is 10.5. The normalized spacial score (nSPS) is 19.4. The molecule has 2 aliphatic carbocycles. The first-order valence-corrected chi connectivity index (χ1v) is 12.6. The third-order valence-corrected chi connectivity index (χ3v) is 7.69. The van der Waals surface area contributed by atoms with Gasteiger partial charge in [-0.15, -0.1) is 0 Å². The van der Waals surface area contributed by atoms with Crippen LogP contribution in [-0.4, -0.2) is 41.3 Å². The van der Waals surface area contributed by atoms with Gasteiger partial charge in [0, 0.05) is 12.0 Å². The molecule has 0 saturated heterocycles. The van der Waals surface area contributed by atoms with Gasteiger partial charge in [-0.25, -0.2) is 4.79 Å². The first kappa shape index (κ1) is 24.8. The summed E-state index contributed by atoms with van der Waals surface area (Å²) in [5.74, 6) is -1.61. The molecule has 2 aliphatic rings. The van der Waals surface area contributed by atoms with E-state index in [1.165, 1.54) is 0 Å². The number of hydrogen-bond donors (Lipinski definition) is 3. The molecule has 2 aromatic carbocycles. The lowest BCUT2D eigenvalue weighted by Gasteiger charge is -2.35. The fourth-order valence-electron chi connectivity index (χ4n) is 5.50. The van der Waals surface area contributed by atoms with Crippen LogP contribution in [0.25, 0.3) is 11.1 Å². The predicted molar refractivity (Wildman–Crippen MR) is 133 cm³/mol. The zero-order valence-electron chi connectivity index (χ0n) is 20.4. The van der Waals surface area contributed by atoms with Gasteiger partial charge in [0.15, 0.2) is 0 Å². The monoisotopic (exact) mass is 478 g/mol. The molecule has 0 heterocycles. The van der Waals surface area contributed by atoms with Gasteiger partial charge >= 0.3 is 12.1 Å². The van der Waals surface area contributed by atoms with Crippen LogP contribution >= 0.6 is 0 Å². The Bertz CT molecular complexity index is 1050. The molecule has 0 unspecified atom stereocenters. The van der Waals surface area contributed by atoms with Crippen molar-refractivity contribution in [3.05, 3.63) is 59.7 Å². The van der Waals surface area contributed by atoms with E-state index in [1.807, 2.05) is 38.1 Å². The van der Waals surface area contributed by atoms with E-state index in [1.54, 1.807) is 0 Å². The number of ether oxygens (including phenoxy) is 1. The number of amides is 2. The second-order valence-electron chi connectivity index (χ2n) is 9.61. The first-order valence-electron chi connectivity index (χ1n) is 12.6. The first-order chi connectivity index (χ1) is 16.9. The van der Waals surface area contributed by atoms with Crippen molar-refractivity contribution in [2.24, 2.45) is 5.92 Å². The van der Waals surface area contributed by atoms with Crippen LogP contribution in [0.1, 0.15) is 69.4 Å². The van der Waals surface area contributed by atoms with E-state index in [4.69, 9.17) is 4.74 Å². The Kier molecular flexibility index (Phi) is 7.43. The Morgan fingerprint density at radius 1 is 0.971 bits per heavy atom. The Balaban J connectivity index is 1.41. The van der Waals surface area contributed by atoms with E-state index >= 15 is 0 Å². The summed E-state index contributed by atoms with van der Waals surface area (Å²) in [5.41, 5.74) is 3.45. The average molecular weight is 479 g/mol. The van der Waals surface area contributed by atoms with Crippen molar-refractivity contribution in [2.75, 3.05) is 6.61 Å². The summed E-state index contributed by atoms with van der Waals surface area (Å²) in [4.78, 5) is 37.6. The van der Waals surface area contributed by atoms with Crippen LogP contribution in [0.5, 0.6) is 0 Å². The largest absolute Gasteiger partial charge is 0.481 e. The number of carbonyl (C=O) groups is 3. The molecule has 0 aliphatic heterocycles. The zero-order chi connectivity index (χ0) is 25.0. The molecule has 0 radical (unpaired) electrons. The van der Waals surface area contributed by atoms with Crippen molar-refractivity contribution in [1.29, 1.82) is 0 Å². The second-order valence-corrected chi connectivity index (χ2v) is 9.61. The number of rotatable bonds is 8. The van der Waals surface area contributed by atoms with Crippen molar-refractivity contribution >= 4 is 18.0 Å². The van der Waals surface area contributed by atoms with Gasteiger partial charge in [-0.2, -0.15) is 0 Å². The maximum Gasteiger partial charge on any atom is 0.408 e. The smallest absolute Gasteiger partial charge is 0.408 e. The maximum absolute atomic E-state index is 13.3. The molecule has 0 bridgehead atoms. The maximum atomic E-state index is 13.3. The summed E-state index contributed by atoms with van der Waals surface area (Å²) in [6.07, 6.45) is 2.71. The molecule has 1 fully saturated rings. The van der Waals surface area contributed by atoms with Crippen molar-refractivity contribution in [3.63, 3.8) is 0 Å². The van der Waals surface area contributed by atoms with Gasteiger partial charge in [-0.1, -0.05) is 68.8 Å². The number of aliphatic carboxylic acids is 1. The molecule has 2 amide bonds. The van der Waals surface area contributed by atoms with E-state index in [-0.39, 0.29) is 24.5 Å². The quantitative estimate of drug-likeness (QED) is 0.503. The van der Waals surface area contributed by atoms with Crippen LogP contribution in [0.2, 0.25) is 0 Å². The van der Waals surface area contributed by atoms with Gasteiger partial charge < -0.3 is 20.5 Å². The lowest BCUT2D eigenvalue weighted by atomic mass is 9.84. The number of nitrogens with one attached hydrogen (secondary N) is 2. The van der Waals surface area contributed by atoms with Crippen LogP contribution in [0.4, 0.5) is 4.79 Å². The molecule has 0 spiro atoms. The van der Waals surface area contributed by atoms with Gasteiger partial charge in [0.1, 0.15) is 12.1 Å². The molecule has 35 heavy (non-hydrogen) atoms. The Morgan fingerprint density at radius 3 is 2.14 bits per heavy atom. The van der Waals surface area contributed by atoms with Gasteiger partial charge in [0.05, 0.1) is 5.92 Å². The van der Waals surface area contributed by atoms with E-state index in [0.717, 1.165) is 35.1 Å². The molecular formula is C28H34N2O5. The summed E-state index contributed by atoms with van der Waals surface area (Å²) in [6, 6.07) is 16.1. The highest BCUT2D eigenvalue weighted by Gasteiger charge is 2.39. The van der Waals surface area contributed by atoms with Gasteiger partial charge in [-0.3, -0.25) is 9.59 Å². The number of benzene rings is 2. The number of fused-ring (bicyclic) bond motifs is 3. The standard InChI is InChI=1S/C28H34N2O5/c1-3-28(4-2,26(33)29-19-11-9-10-18(16-19)25(31)32)30-27(34)35-17-24-22-14-7-5-12-20(22)21-13-6-8-15-23(21)24/h5-8,12-15,18-19,24H,3-4,9-11,16-17H2,1-2H3,(H,29,33)(H,30,34)(H,31,32)/t18-,19+/m1/s1. The fraction of sp³-hybridized carbons (Fsp3) is 0.464. The molecule has 2 aromatic rings.